The van der Waals surface area contributed by atoms with Gasteiger partial charge in [0.25, 0.3) is 0 Å². The molecule has 3 aromatic rings. The van der Waals surface area contributed by atoms with Crippen LogP contribution in [0.2, 0.25) is 0 Å². The van der Waals surface area contributed by atoms with Crippen LogP contribution in [0.1, 0.15) is 11.1 Å². The molecule has 0 saturated carbocycles. The van der Waals surface area contributed by atoms with Gasteiger partial charge in [0.15, 0.2) is 5.11 Å². The molecule has 0 aliphatic carbocycles. The third-order valence-corrected chi connectivity index (χ3v) is 4.21. The molecule has 26 heavy (non-hydrogen) atoms. The van der Waals surface area contributed by atoms with Crippen molar-refractivity contribution in [3.63, 3.8) is 0 Å². The van der Waals surface area contributed by atoms with E-state index in [0.717, 1.165) is 11.3 Å². The largest absolute Gasteiger partial charge is 0.357 e. The van der Waals surface area contributed by atoms with Crippen molar-refractivity contribution in [3.8, 4) is 11.1 Å². The highest BCUT2D eigenvalue weighted by molar-refractivity contribution is 7.80. The highest BCUT2D eigenvalue weighted by Gasteiger charge is 2.02. The topological polar surface area (TPSA) is 36.1 Å². The van der Waals surface area contributed by atoms with Crippen LogP contribution >= 0.6 is 12.2 Å². The first-order chi connectivity index (χ1) is 12.7. The fourth-order valence-corrected chi connectivity index (χ4v) is 2.64. The maximum atomic E-state index is 5.28. The molecule has 130 valence electrons. The SMILES string of the molecule is C=C(NNC(=S)NCc1ccccc1)c1ccc(-c2ccccc2)cc1. The van der Waals surface area contributed by atoms with E-state index in [0.29, 0.717) is 11.7 Å². The quantitative estimate of drug-likeness (QED) is 0.448. The molecule has 0 heterocycles. The zero-order valence-corrected chi connectivity index (χ0v) is 15.2. The zero-order valence-electron chi connectivity index (χ0n) is 14.4. The first kappa shape index (κ1) is 17.7. The van der Waals surface area contributed by atoms with Crippen molar-refractivity contribution in [2.45, 2.75) is 6.54 Å². The van der Waals surface area contributed by atoms with Gasteiger partial charge in [0, 0.05) is 6.54 Å². The van der Waals surface area contributed by atoms with Crippen molar-refractivity contribution in [1.82, 2.24) is 16.2 Å². The van der Waals surface area contributed by atoms with E-state index >= 15 is 0 Å². The van der Waals surface area contributed by atoms with Gasteiger partial charge in [0.05, 0.1) is 5.70 Å². The Labute approximate surface area is 159 Å². The second kappa shape index (κ2) is 8.83. The molecule has 0 atom stereocenters. The maximum Gasteiger partial charge on any atom is 0.185 e. The van der Waals surface area contributed by atoms with Gasteiger partial charge in [-0.05, 0) is 34.5 Å². The molecule has 0 aliphatic rings. The van der Waals surface area contributed by atoms with E-state index in [1.54, 1.807) is 0 Å². The minimum absolute atomic E-state index is 0.524. The molecule has 0 spiro atoms. The van der Waals surface area contributed by atoms with Gasteiger partial charge in [-0.15, -0.1) is 0 Å². The van der Waals surface area contributed by atoms with E-state index in [1.165, 1.54) is 16.7 Å². The second-order valence-corrected chi connectivity index (χ2v) is 6.25. The van der Waals surface area contributed by atoms with Crippen molar-refractivity contribution in [1.29, 1.82) is 0 Å². The summed E-state index contributed by atoms with van der Waals surface area (Å²) in [6.07, 6.45) is 0. The van der Waals surface area contributed by atoms with Gasteiger partial charge in [0.1, 0.15) is 0 Å². The first-order valence-electron chi connectivity index (χ1n) is 8.41. The summed E-state index contributed by atoms with van der Waals surface area (Å²) in [5.41, 5.74) is 11.3. The fraction of sp³-hybridized carbons (Fsp3) is 0.0455. The van der Waals surface area contributed by atoms with Crippen molar-refractivity contribution >= 4 is 23.0 Å². The van der Waals surface area contributed by atoms with E-state index in [9.17, 15) is 0 Å². The molecule has 3 N–H and O–H groups in total. The lowest BCUT2D eigenvalue weighted by molar-refractivity contribution is 0.789. The Balaban J connectivity index is 1.49. The lowest BCUT2D eigenvalue weighted by Gasteiger charge is -2.14. The minimum Gasteiger partial charge on any atom is -0.357 e. The summed E-state index contributed by atoms with van der Waals surface area (Å²) in [5, 5.41) is 3.68. The van der Waals surface area contributed by atoms with Gasteiger partial charge < -0.3 is 5.32 Å². The Morgan fingerprint density at radius 3 is 1.96 bits per heavy atom. The lowest BCUT2D eigenvalue weighted by atomic mass is 10.0. The van der Waals surface area contributed by atoms with Gasteiger partial charge in [-0.1, -0.05) is 91.5 Å². The third kappa shape index (κ3) is 4.94. The van der Waals surface area contributed by atoms with Crippen LogP contribution in [-0.4, -0.2) is 5.11 Å². The summed E-state index contributed by atoms with van der Waals surface area (Å²) < 4.78 is 0. The molecular weight excluding hydrogens is 338 g/mol. The van der Waals surface area contributed by atoms with Crippen LogP contribution in [-0.2, 0) is 6.54 Å². The highest BCUT2D eigenvalue weighted by atomic mass is 32.1. The third-order valence-electron chi connectivity index (χ3n) is 3.96. The smallest absolute Gasteiger partial charge is 0.185 e. The molecule has 3 nitrogen and oxygen atoms in total. The van der Waals surface area contributed by atoms with Crippen molar-refractivity contribution < 1.29 is 0 Å². The number of hydrazine groups is 1. The average molecular weight is 359 g/mol. The van der Waals surface area contributed by atoms with Gasteiger partial charge in [-0.3, -0.25) is 10.9 Å². The molecule has 3 aromatic carbocycles. The molecule has 0 unspecified atom stereocenters. The Morgan fingerprint density at radius 1 is 0.731 bits per heavy atom. The number of hydrogen-bond donors (Lipinski definition) is 3. The summed E-state index contributed by atoms with van der Waals surface area (Å²) in [6, 6.07) is 28.7. The Hall–Kier alpha value is -3.11. The molecule has 0 saturated heterocycles. The molecule has 0 bridgehead atoms. The van der Waals surface area contributed by atoms with E-state index in [4.69, 9.17) is 12.2 Å². The standard InChI is InChI=1S/C22H21N3S/c1-17(24-25-22(26)23-16-18-8-4-2-5-9-18)19-12-14-21(15-13-19)20-10-6-3-7-11-20/h2-15,24H,1,16H2,(H2,23,25,26). The average Bonchev–Trinajstić information content (AvgIpc) is 2.72. The van der Waals surface area contributed by atoms with E-state index in [-0.39, 0.29) is 0 Å². The van der Waals surface area contributed by atoms with Crippen molar-refractivity contribution in [2.24, 2.45) is 0 Å². The Bertz CT molecular complexity index is 859. The summed E-state index contributed by atoms with van der Waals surface area (Å²) in [5.74, 6) is 0. The van der Waals surface area contributed by atoms with Crippen LogP contribution in [0, 0.1) is 0 Å². The van der Waals surface area contributed by atoms with Crippen molar-refractivity contribution in [2.75, 3.05) is 0 Å². The Kier molecular flexibility index (Phi) is 6.01. The highest BCUT2D eigenvalue weighted by Crippen LogP contribution is 2.20. The first-order valence-corrected chi connectivity index (χ1v) is 8.82. The van der Waals surface area contributed by atoms with Crippen LogP contribution < -0.4 is 16.2 Å². The molecule has 0 aromatic heterocycles. The number of nitrogens with one attached hydrogen (secondary N) is 3. The lowest BCUT2D eigenvalue weighted by Crippen LogP contribution is -2.42. The molecule has 0 radical (unpaired) electrons. The molecule has 0 amide bonds. The van der Waals surface area contributed by atoms with Crippen LogP contribution in [0.5, 0.6) is 0 Å². The Morgan fingerprint density at radius 2 is 1.31 bits per heavy atom. The molecule has 3 rings (SSSR count). The predicted octanol–water partition coefficient (Wildman–Crippen LogP) is 4.49. The van der Waals surface area contributed by atoms with Gasteiger partial charge >= 0.3 is 0 Å². The van der Waals surface area contributed by atoms with Crippen LogP contribution in [0.4, 0.5) is 0 Å². The van der Waals surface area contributed by atoms with Gasteiger partial charge in [0.2, 0.25) is 0 Å². The summed E-state index contributed by atoms with van der Waals surface area (Å²) in [7, 11) is 0. The summed E-state index contributed by atoms with van der Waals surface area (Å²) in [6.45, 7) is 4.73. The summed E-state index contributed by atoms with van der Waals surface area (Å²) in [4.78, 5) is 0. The van der Waals surface area contributed by atoms with E-state index in [1.807, 2.05) is 48.5 Å². The minimum atomic E-state index is 0.524. The van der Waals surface area contributed by atoms with Crippen molar-refractivity contribution in [3.05, 3.63) is 103 Å². The van der Waals surface area contributed by atoms with Crippen LogP contribution in [0.25, 0.3) is 16.8 Å². The normalized spacial score (nSPS) is 10.0. The van der Waals surface area contributed by atoms with E-state index in [2.05, 4.69) is 59.1 Å². The second-order valence-electron chi connectivity index (χ2n) is 5.84. The van der Waals surface area contributed by atoms with Crippen LogP contribution in [0.3, 0.4) is 0 Å². The number of rotatable bonds is 6. The molecule has 0 aliphatic heterocycles. The van der Waals surface area contributed by atoms with Gasteiger partial charge in [-0.25, -0.2) is 0 Å². The predicted molar refractivity (Wildman–Crippen MR) is 113 cm³/mol. The molecular formula is C22H21N3S. The van der Waals surface area contributed by atoms with E-state index < -0.39 is 0 Å². The fourth-order valence-electron chi connectivity index (χ4n) is 2.52. The number of benzene rings is 3. The summed E-state index contributed by atoms with van der Waals surface area (Å²) >= 11 is 5.28. The maximum absolute atomic E-state index is 5.28. The number of thiocarbonyl (C=S) groups is 1. The monoisotopic (exact) mass is 359 g/mol. The van der Waals surface area contributed by atoms with Crippen LogP contribution in [0.15, 0.2) is 91.5 Å². The zero-order chi connectivity index (χ0) is 18.2. The number of hydrogen-bond acceptors (Lipinski definition) is 2. The van der Waals surface area contributed by atoms with Gasteiger partial charge in [-0.2, -0.15) is 0 Å². The molecule has 0 fully saturated rings. The molecule has 4 heteroatoms.